The van der Waals surface area contributed by atoms with Gasteiger partial charge in [0.1, 0.15) is 18.0 Å². The number of imidazole rings is 1. The molecule has 7 nitrogen and oxygen atoms in total. The number of carbonyl (C=O) groups excluding carboxylic acids is 1. The normalized spacial score (nSPS) is 13.0. The Hall–Kier alpha value is -4.00. The van der Waals surface area contributed by atoms with Crippen LogP contribution in [0.5, 0.6) is 17.2 Å². The van der Waals surface area contributed by atoms with Gasteiger partial charge in [0.05, 0.1) is 19.9 Å². The molecule has 0 saturated carbocycles. The van der Waals surface area contributed by atoms with Crippen molar-refractivity contribution in [2.24, 2.45) is 0 Å². The zero-order chi connectivity index (χ0) is 23.7. The molecule has 174 valence electrons. The quantitative estimate of drug-likeness (QED) is 0.428. The number of rotatable bonds is 6. The molecule has 2 aromatic carbocycles. The van der Waals surface area contributed by atoms with Gasteiger partial charge in [-0.3, -0.25) is 4.79 Å². The Morgan fingerprint density at radius 2 is 1.76 bits per heavy atom. The van der Waals surface area contributed by atoms with E-state index in [1.165, 1.54) is 5.56 Å². The number of ether oxygens (including phenoxy) is 3. The molecule has 0 N–H and O–H groups in total. The van der Waals surface area contributed by atoms with Crippen molar-refractivity contribution in [3.8, 4) is 17.2 Å². The zero-order valence-corrected chi connectivity index (χ0v) is 19.6. The lowest BCUT2D eigenvalue weighted by molar-refractivity contribution is 0.0734. The van der Waals surface area contributed by atoms with Crippen LogP contribution in [-0.2, 0) is 19.6 Å². The molecule has 0 bridgehead atoms. The third-order valence-corrected chi connectivity index (χ3v) is 6.22. The molecule has 0 spiro atoms. The van der Waals surface area contributed by atoms with Crippen molar-refractivity contribution >= 4 is 11.6 Å². The van der Waals surface area contributed by atoms with E-state index in [2.05, 4.69) is 4.98 Å². The van der Waals surface area contributed by atoms with Crippen LogP contribution in [0.4, 0.5) is 0 Å². The van der Waals surface area contributed by atoms with Crippen LogP contribution >= 0.6 is 0 Å². The van der Waals surface area contributed by atoms with E-state index in [0.29, 0.717) is 36.8 Å². The summed E-state index contributed by atoms with van der Waals surface area (Å²) in [5.41, 5.74) is 5.82. The van der Waals surface area contributed by atoms with E-state index < -0.39 is 0 Å². The van der Waals surface area contributed by atoms with Gasteiger partial charge < -0.3 is 23.5 Å². The first kappa shape index (κ1) is 21.8. The number of methoxy groups -OCH3 is 2. The second kappa shape index (κ2) is 9.09. The summed E-state index contributed by atoms with van der Waals surface area (Å²) in [4.78, 5) is 19.6. The van der Waals surface area contributed by atoms with Crippen molar-refractivity contribution in [3.63, 3.8) is 0 Å². The van der Waals surface area contributed by atoms with Gasteiger partial charge in [-0.15, -0.1) is 0 Å². The van der Waals surface area contributed by atoms with Crippen molar-refractivity contribution in [2.75, 3.05) is 20.8 Å². The van der Waals surface area contributed by atoms with Crippen LogP contribution in [0.25, 0.3) is 5.65 Å². The summed E-state index contributed by atoms with van der Waals surface area (Å²) >= 11 is 0. The molecule has 7 heteroatoms. The van der Waals surface area contributed by atoms with Crippen LogP contribution in [-0.4, -0.2) is 41.0 Å². The average Bonchev–Trinajstić information content (AvgIpc) is 3.30. The summed E-state index contributed by atoms with van der Waals surface area (Å²) < 4.78 is 18.7. The highest BCUT2D eigenvalue weighted by molar-refractivity contribution is 5.94. The molecule has 0 saturated heterocycles. The first-order valence-electron chi connectivity index (χ1n) is 11.2. The number of hydrogen-bond acceptors (Lipinski definition) is 5. The molecule has 0 radical (unpaired) electrons. The first-order valence-corrected chi connectivity index (χ1v) is 11.2. The van der Waals surface area contributed by atoms with E-state index in [1.807, 2.05) is 77.1 Å². The summed E-state index contributed by atoms with van der Waals surface area (Å²) in [7, 11) is 3.25. The molecule has 4 aromatic rings. The molecule has 0 aliphatic carbocycles. The fraction of sp³-hybridized carbons (Fsp3) is 0.259. The number of pyridine rings is 1. The van der Waals surface area contributed by atoms with Crippen molar-refractivity contribution in [2.45, 2.75) is 26.5 Å². The van der Waals surface area contributed by atoms with Gasteiger partial charge in [-0.1, -0.05) is 6.07 Å². The van der Waals surface area contributed by atoms with Gasteiger partial charge in [-0.2, -0.15) is 0 Å². The highest BCUT2D eigenvalue weighted by Crippen LogP contribution is 2.33. The summed E-state index contributed by atoms with van der Waals surface area (Å²) in [6.45, 7) is 3.60. The molecule has 3 heterocycles. The highest BCUT2D eigenvalue weighted by Gasteiger charge is 2.23. The maximum Gasteiger partial charge on any atom is 0.254 e. The Morgan fingerprint density at radius 1 is 1.03 bits per heavy atom. The number of amides is 1. The number of fused-ring (bicyclic) bond motifs is 2. The van der Waals surface area contributed by atoms with Gasteiger partial charge in [0, 0.05) is 31.0 Å². The molecule has 0 unspecified atom stereocenters. The molecule has 5 rings (SSSR count). The van der Waals surface area contributed by atoms with Crippen LogP contribution in [0.1, 0.15) is 32.7 Å². The second-order valence-corrected chi connectivity index (χ2v) is 8.42. The van der Waals surface area contributed by atoms with E-state index in [4.69, 9.17) is 14.2 Å². The van der Waals surface area contributed by atoms with Crippen LogP contribution < -0.4 is 14.2 Å². The van der Waals surface area contributed by atoms with E-state index in [9.17, 15) is 4.79 Å². The molecular weight excluding hydrogens is 430 g/mol. The van der Waals surface area contributed by atoms with Crippen molar-refractivity contribution in [3.05, 3.63) is 88.9 Å². The van der Waals surface area contributed by atoms with Crippen molar-refractivity contribution in [1.29, 1.82) is 0 Å². The van der Waals surface area contributed by atoms with Gasteiger partial charge in [0.15, 0.2) is 11.5 Å². The topological polar surface area (TPSA) is 65.3 Å². The van der Waals surface area contributed by atoms with Gasteiger partial charge in [0.25, 0.3) is 5.91 Å². The summed E-state index contributed by atoms with van der Waals surface area (Å²) in [6, 6.07) is 15.3. The maximum atomic E-state index is 13.1. The fourth-order valence-corrected chi connectivity index (χ4v) is 4.36. The van der Waals surface area contributed by atoms with Crippen LogP contribution in [0.2, 0.25) is 0 Å². The van der Waals surface area contributed by atoms with E-state index >= 15 is 0 Å². The Balaban J connectivity index is 1.24. The first-order chi connectivity index (χ1) is 16.6. The van der Waals surface area contributed by atoms with E-state index in [1.54, 1.807) is 14.2 Å². The Morgan fingerprint density at radius 3 is 2.47 bits per heavy atom. The monoisotopic (exact) mass is 457 g/mol. The van der Waals surface area contributed by atoms with Gasteiger partial charge in [-0.05, 0) is 72.5 Å². The maximum absolute atomic E-state index is 13.1. The van der Waals surface area contributed by atoms with Gasteiger partial charge >= 0.3 is 0 Å². The molecule has 0 atom stereocenters. The lowest BCUT2D eigenvalue weighted by atomic mass is 9.98. The summed E-state index contributed by atoms with van der Waals surface area (Å²) in [5, 5.41) is 0. The molecule has 1 amide bonds. The van der Waals surface area contributed by atoms with Crippen molar-refractivity contribution < 1.29 is 19.0 Å². The second-order valence-electron chi connectivity index (χ2n) is 8.42. The molecule has 2 aromatic heterocycles. The fourth-order valence-electron chi connectivity index (χ4n) is 4.36. The SMILES string of the molecule is COc1cc2c(cc1OC)CN(C(=O)c1ccc(OCc3cn4cccc(C)c4n3)cc1)CC2. The smallest absolute Gasteiger partial charge is 0.254 e. The number of hydrogen-bond donors (Lipinski definition) is 0. The third-order valence-electron chi connectivity index (χ3n) is 6.22. The number of benzene rings is 2. The Bertz CT molecular complexity index is 1340. The third kappa shape index (κ3) is 4.17. The molecular formula is C27H27N3O4. The van der Waals surface area contributed by atoms with Crippen molar-refractivity contribution in [1.82, 2.24) is 14.3 Å². The predicted octanol–water partition coefficient (Wildman–Crippen LogP) is 4.44. The van der Waals surface area contributed by atoms with Crippen LogP contribution in [0.15, 0.2) is 60.9 Å². The van der Waals surface area contributed by atoms with Crippen LogP contribution in [0, 0.1) is 6.92 Å². The number of carbonyl (C=O) groups is 1. The lowest BCUT2D eigenvalue weighted by Crippen LogP contribution is -2.36. The minimum absolute atomic E-state index is 0.00260. The zero-order valence-electron chi connectivity index (χ0n) is 19.6. The number of nitrogens with zero attached hydrogens (tertiary/aromatic N) is 3. The average molecular weight is 458 g/mol. The highest BCUT2D eigenvalue weighted by atomic mass is 16.5. The van der Waals surface area contributed by atoms with Gasteiger partial charge in [-0.25, -0.2) is 4.98 Å². The summed E-state index contributed by atoms with van der Waals surface area (Å²) in [5.74, 6) is 2.10. The number of aryl methyl sites for hydroxylation is 1. The molecule has 34 heavy (non-hydrogen) atoms. The predicted molar refractivity (Wildman–Crippen MR) is 129 cm³/mol. The minimum Gasteiger partial charge on any atom is -0.493 e. The molecule has 1 aliphatic heterocycles. The molecule has 0 fully saturated rings. The van der Waals surface area contributed by atoms with Gasteiger partial charge in [0.2, 0.25) is 0 Å². The van der Waals surface area contributed by atoms with Crippen LogP contribution in [0.3, 0.4) is 0 Å². The minimum atomic E-state index is 0.00260. The van der Waals surface area contributed by atoms with E-state index in [-0.39, 0.29) is 5.91 Å². The Labute approximate surface area is 198 Å². The standard InChI is InChI=1S/C27H27N3O4/c1-18-5-4-11-29-16-22(28-26(18)29)17-34-23-8-6-19(7-9-23)27(31)30-12-10-20-13-24(32-2)25(33-3)14-21(20)15-30/h4-9,11,13-14,16H,10,12,15,17H2,1-3H3. The lowest BCUT2D eigenvalue weighted by Gasteiger charge is -2.29. The Kier molecular flexibility index (Phi) is 5.84. The van der Waals surface area contributed by atoms with E-state index in [0.717, 1.165) is 34.6 Å². The molecule has 1 aliphatic rings. The summed E-state index contributed by atoms with van der Waals surface area (Å²) in [6.07, 6.45) is 4.73. The number of aromatic nitrogens is 2. The largest absolute Gasteiger partial charge is 0.493 e.